The molecule has 110 valence electrons. The summed E-state index contributed by atoms with van der Waals surface area (Å²) in [5.74, 6) is -0.641. The molecule has 0 amide bonds. The summed E-state index contributed by atoms with van der Waals surface area (Å²) in [5, 5.41) is 33.0. The number of anilines is 1. The maximum Gasteiger partial charge on any atom is 0.175 e. The van der Waals surface area contributed by atoms with Gasteiger partial charge in [-0.15, -0.1) is 4.91 Å². The van der Waals surface area contributed by atoms with Crippen LogP contribution in [0, 0.1) is 27.1 Å². The molecule has 3 N–H and O–H groups in total. The zero-order valence-corrected chi connectivity index (χ0v) is 11.1. The minimum atomic E-state index is -0.811. The second kappa shape index (κ2) is 6.34. The maximum atomic E-state index is 11.0. The van der Waals surface area contributed by atoms with Gasteiger partial charge in [-0.25, -0.2) is 0 Å². The van der Waals surface area contributed by atoms with Crippen LogP contribution in [-0.4, -0.2) is 25.2 Å². The van der Waals surface area contributed by atoms with E-state index in [-0.39, 0.29) is 29.1 Å². The van der Waals surface area contributed by atoms with Gasteiger partial charge in [0, 0.05) is 22.9 Å². The van der Waals surface area contributed by atoms with E-state index in [1.807, 2.05) is 6.07 Å². The number of ether oxygens (including phenoxy) is 1. The van der Waals surface area contributed by atoms with E-state index in [0.29, 0.717) is 5.69 Å². The largest absolute Gasteiger partial charge is 0.468 e. The molecule has 0 spiro atoms. The fourth-order valence-electron chi connectivity index (χ4n) is 2.15. The first-order chi connectivity index (χ1) is 10.7. The van der Waals surface area contributed by atoms with Crippen LogP contribution in [0.5, 0.6) is 5.75 Å². The third-order valence-electron chi connectivity index (χ3n) is 3.09. The van der Waals surface area contributed by atoms with Crippen molar-refractivity contribution in [2.24, 2.45) is 10.3 Å². The molecule has 22 heavy (non-hydrogen) atoms. The number of hydrogen-bond donors (Lipinski definition) is 3. The summed E-state index contributed by atoms with van der Waals surface area (Å²) in [6.07, 6.45) is 1.23. The molecule has 1 aliphatic heterocycles. The summed E-state index contributed by atoms with van der Waals surface area (Å²) in [6.45, 7) is -0.0286. The molecule has 0 aliphatic carbocycles. The first-order valence-corrected chi connectivity index (χ1v) is 6.09. The average molecular weight is 298 g/mol. The minimum Gasteiger partial charge on any atom is -0.468 e. The molecule has 10 heteroatoms. The van der Waals surface area contributed by atoms with Gasteiger partial charge >= 0.3 is 0 Å². The van der Waals surface area contributed by atoms with Crippen LogP contribution in [0.15, 0.2) is 16.4 Å². The van der Waals surface area contributed by atoms with Crippen LogP contribution in [0.1, 0.15) is 17.0 Å². The highest BCUT2D eigenvalue weighted by atomic mass is 16.5. The van der Waals surface area contributed by atoms with Crippen molar-refractivity contribution in [2.45, 2.75) is 12.1 Å². The lowest BCUT2D eigenvalue weighted by molar-refractivity contribution is 0.259. The maximum absolute atomic E-state index is 11.0. The van der Waals surface area contributed by atoms with Gasteiger partial charge in [0.15, 0.2) is 12.0 Å². The third kappa shape index (κ3) is 2.44. The Bertz CT molecular complexity index is 724. The molecule has 1 heterocycles. The van der Waals surface area contributed by atoms with Crippen LogP contribution in [0.2, 0.25) is 0 Å². The monoisotopic (exact) mass is 298 g/mol. The number of azide groups is 1. The van der Waals surface area contributed by atoms with Crippen molar-refractivity contribution >= 4 is 23.8 Å². The van der Waals surface area contributed by atoms with Crippen LogP contribution < -0.4 is 10.1 Å². The second-order valence-electron chi connectivity index (χ2n) is 4.29. The number of nitrogens with zero attached hydrogens (tertiary/aromatic N) is 5. The number of benzene rings is 1. The minimum absolute atomic E-state index is 0.0286. The smallest absolute Gasteiger partial charge is 0.175 e. The summed E-state index contributed by atoms with van der Waals surface area (Å²) >= 11 is 0. The van der Waals surface area contributed by atoms with Crippen molar-refractivity contribution in [3.05, 3.63) is 32.5 Å². The normalized spacial score (nSPS) is 16.0. The Morgan fingerprint density at radius 1 is 1.59 bits per heavy atom. The predicted octanol–water partition coefficient (Wildman–Crippen LogP) is 2.78. The number of nitroso groups, excluding NO2 is 1. The van der Waals surface area contributed by atoms with Crippen molar-refractivity contribution in [3.63, 3.8) is 0 Å². The lowest BCUT2D eigenvalue weighted by atomic mass is 9.95. The molecule has 0 saturated carbocycles. The zero-order chi connectivity index (χ0) is 16.1. The number of nitriles is 1. The topological polar surface area (TPSA) is 171 Å². The van der Waals surface area contributed by atoms with Crippen molar-refractivity contribution < 1.29 is 4.74 Å². The quantitative estimate of drug-likeness (QED) is 0.241. The van der Waals surface area contributed by atoms with E-state index >= 15 is 0 Å². The SMILES string of the molecule is N#Cc1cc(N=O)c(C(C=N)C=N)c2c1NC(CN=[N+]=[N-])O2. The first kappa shape index (κ1) is 15.0. The Morgan fingerprint density at radius 3 is 2.86 bits per heavy atom. The molecule has 0 fully saturated rings. The summed E-state index contributed by atoms with van der Waals surface area (Å²) in [6, 6.07) is 3.19. The van der Waals surface area contributed by atoms with Gasteiger partial charge in [0.1, 0.15) is 11.8 Å². The van der Waals surface area contributed by atoms with Crippen molar-refractivity contribution in [1.29, 1.82) is 16.1 Å². The van der Waals surface area contributed by atoms with Crippen molar-refractivity contribution in [1.82, 2.24) is 0 Å². The third-order valence-corrected chi connectivity index (χ3v) is 3.09. The second-order valence-corrected chi connectivity index (χ2v) is 4.29. The number of fused-ring (bicyclic) bond motifs is 1. The molecule has 1 atom stereocenters. The standard InChI is InChI=1S/C12H10N8O2/c13-2-6-1-8(19-21)10(7(3-14)4-15)12-11(6)18-9(22-12)5-17-20-16/h1,3-4,7,9,14-15,18H,5H2. The van der Waals surface area contributed by atoms with E-state index in [9.17, 15) is 4.91 Å². The molecule has 10 nitrogen and oxygen atoms in total. The zero-order valence-electron chi connectivity index (χ0n) is 11.1. The Labute approximate surface area is 124 Å². The fraction of sp³-hybridized carbons (Fsp3) is 0.250. The summed E-state index contributed by atoms with van der Waals surface area (Å²) in [4.78, 5) is 13.7. The van der Waals surface area contributed by atoms with Crippen LogP contribution in [0.4, 0.5) is 11.4 Å². The van der Waals surface area contributed by atoms with E-state index in [0.717, 1.165) is 12.4 Å². The van der Waals surface area contributed by atoms with Gasteiger partial charge in [-0.1, -0.05) is 5.11 Å². The average Bonchev–Trinajstić information content (AvgIpc) is 2.97. The molecule has 2 rings (SSSR count). The van der Waals surface area contributed by atoms with Gasteiger partial charge < -0.3 is 20.9 Å². The van der Waals surface area contributed by atoms with Crippen LogP contribution in [0.3, 0.4) is 0 Å². The van der Waals surface area contributed by atoms with Gasteiger partial charge in [0.25, 0.3) is 0 Å². The number of hydrogen-bond acceptors (Lipinski definition) is 8. The predicted molar refractivity (Wildman–Crippen MR) is 79.0 cm³/mol. The highest BCUT2D eigenvalue weighted by Gasteiger charge is 2.31. The van der Waals surface area contributed by atoms with Crippen molar-refractivity contribution in [2.75, 3.05) is 11.9 Å². The van der Waals surface area contributed by atoms with E-state index in [2.05, 4.69) is 20.5 Å². The van der Waals surface area contributed by atoms with Crippen LogP contribution in [-0.2, 0) is 0 Å². The molecule has 1 aromatic rings. The Balaban J connectivity index is 2.62. The molecule has 1 aliphatic rings. The molecular weight excluding hydrogens is 288 g/mol. The molecule has 0 saturated heterocycles. The lowest BCUT2D eigenvalue weighted by Gasteiger charge is -2.13. The van der Waals surface area contributed by atoms with Gasteiger partial charge in [0.2, 0.25) is 0 Å². The van der Waals surface area contributed by atoms with E-state index < -0.39 is 12.1 Å². The fourth-order valence-corrected chi connectivity index (χ4v) is 2.15. The highest BCUT2D eigenvalue weighted by Crippen LogP contribution is 2.46. The Kier molecular flexibility index (Phi) is 4.31. The Hall–Kier alpha value is -3.44. The van der Waals surface area contributed by atoms with Crippen LogP contribution >= 0.6 is 0 Å². The summed E-state index contributed by atoms with van der Waals surface area (Å²) in [5.41, 5.74) is 8.98. The molecule has 1 aromatic carbocycles. The summed E-state index contributed by atoms with van der Waals surface area (Å²) < 4.78 is 5.58. The molecule has 1 unspecified atom stereocenters. The summed E-state index contributed by atoms with van der Waals surface area (Å²) in [7, 11) is 0. The van der Waals surface area contributed by atoms with Gasteiger partial charge in [-0.3, -0.25) is 0 Å². The first-order valence-electron chi connectivity index (χ1n) is 6.09. The van der Waals surface area contributed by atoms with Crippen LogP contribution in [0.25, 0.3) is 10.4 Å². The molecule has 0 bridgehead atoms. The highest BCUT2D eigenvalue weighted by molar-refractivity contribution is 5.93. The van der Waals surface area contributed by atoms with E-state index in [1.165, 1.54) is 6.07 Å². The lowest BCUT2D eigenvalue weighted by Crippen LogP contribution is -2.23. The van der Waals surface area contributed by atoms with Crippen molar-refractivity contribution in [3.8, 4) is 11.8 Å². The number of rotatable bonds is 6. The van der Waals surface area contributed by atoms with Gasteiger partial charge in [-0.2, -0.15) is 5.26 Å². The molecule has 0 radical (unpaired) electrons. The van der Waals surface area contributed by atoms with E-state index in [1.54, 1.807) is 0 Å². The Morgan fingerprint density at radius 2 is 2.32 bits per heavy atom. The molecular formula is C12H10N8O2. The van der Waals surface area contributed by atoms with E-state index in [4.69, 9.17) is 26.3 Å². The molecule has 0 aromatic heterocycles. The number of nitrogens with one attached hydrogen (secondary N) is 3. The van der Waals surface area contributed by atoms with Gasteiger partial charge in [-0.05, 0) is 16.8 Å². The van der Waals surface area contributed by atoms with Gasteiger partial charge in [0.05, 0.1) is 23.7 Å².